The van der Waals surface area contributed by atoms with E-state index in [-0.39, 0.29) is 23.6 Å². The summed E-state index contributed by atoms with van der Waals surface area (Å²) in [7, 11) is -3.68. The molecule has 182 valence electrons. The van der Waals surface area contributed by atoms with Gasteiger partial charge in [0.15, 0.2) is 0 Å². The standard InChI is InChI=1S/C24H30N4O5S/c1-5-28(6-2)34(30,31)19-12-13-21(32-7-3)20(16-19)25-22(29)14-15-23-26-24(27-33-23)18-10-8-17(4)9-11-18/h8-13,16H,5-7,14-15H2,1-4H3,(H,25,29). The maximum Gasteiger partial charge on any atom is 0.243 e. The third-order valence-electron chi connectivity index (χ3n) is 5.21. The van der Waals surface area contributed by atoms with Crippen LogP contribution in [-0.2, 0) is 21.2 Å². The van der Waals surface area contributed by atoms with Crippen molar-refractivity contribution in [2.75, 3.05) is 25.0 Å². The van der Waals surface area contributed by atoms with Crippen molar-refractivity contribution in [2.45, 2.75) is 45.4 Å². The van der Waals surface area contributed by atoms with Crippen molar-refractivity contribution in [2.24, 2.45) is 0 Å². The summed E-state index contributed by atoms with van der Waals surface area (Å²) >= 11 is 0. The second-order valence-corrected chi connectivity index (χ2v) is 9.54. The van der Waals surface area contributed by atoms with Crippen LogP contribution in [0.25, 0.3) is 11.4 Å². The zero-order valence-corrected chi connectivity index (χ0v) is 20.7. The van der Waals surface area contributed by atoms with E-state index in [1.165, 1.54) is 16.4 Å². The first kappa shape index (κ1) is 25.4. The lowest BCUT2D eigenvalue weighted by Crippen LogP contribution is -2.30. The van der Waals surface area contributed by atoms with Crippen molar-refractivity contribution in [3.05, 3.63) is 53.9 Å². The Morgan fingerprint density at radius 1 is 1.09 bits per heavy atom. The fourth-order valence-corrected chi connectivity index (χ4v) is 4.86. The molecule has 2 aromatic carbocycles. The van der Waals surface area contributed by atoms with E-state index in [0.717, 1.165) is 11.1 Å². The molecule has 0 radical (unpaired) electrons. The number of nitrogens with zero attached hydrogens (tertiary/aromatic N) is 3. The fraction of sp³-hybridized carbons (Fsp3) is 0.375. The van der Waals surface area contributed by atoms with E-state index < -0.39 is 10.0 Å². The molecule has 0 aliphatic carbocycles. The Morgan fingerprint density at radius 3 is 2.44 bits per heavy atom. The highest BCUT2D eigenvalue weighted by Crippen LogP contribution is 2.29. The van der Waals surface area contributed by atoms with E-state index in [1.807, 2.05) is 38.1 Å². The molecule has 1 N–H and O–H groups in total. The number of hydrogen-bond donors (Lipinski definition) is 1. The van der Waals surface area contributed by atoms with Crippen LogP contribution in [0.3, 0.4) is 0 Å². The molecule has 0 unspecified atom stereocenters. The Labute approximate surface area is 200 Å². The summed E-state index contributed by atoms with van der Waals surface area (Å²) < 4.78 is 38.0. The highest BCUT2D eigenvalue weighted by molar-refractivity contribution is 7.89. The summed E-state index contributed by atoms with van der Waals surface area (Å²) in [6, 6.07) is 12.2. The van der Waals surface area contributed by atoms with E-state index in [0.29, 0.717) is 42.8 Å². The van der Waals surface area contributed by atoms with Crippen LogP contribution in [0, 0.1) is 6.92 Å². The SMILES string of the molecule is CCOc1ccc(S(=O)(=O)N(CC)CC)cc1NC(=O)CCc1nc(-c2ccc(C)cc2)no1. The van der Waals surface area contributed by atoms with Crippen molar-refractivity contribution < 1.29 is 22.5 Å². The van der Waals surface area contributed by atoms with Crippen molar-refractivity contribution >= 4 is 21.6 Å². The normalized spacial score (nSPS) is 11.6. The molecule has 3 rings (SSSR count). The van der Waals surface area contributed by atoms with Crippen LogP contribution in [0.2, 0.25) is 0 Å². The van der Waals surface area contributed by atoms with Crippen LogP contribution in [0.15, 0.2) is 51.9 Å². The molecule has 0 bridgehead atoms. The molecule has 0 spiro atoms. The molecule has 0 saturated carbocycles. The third kappa shape index (κ3) is 6.00. The lowest BCUT2D eigenvalue weighted by atomic mass is 10.1. The van der Waals surface area contributed by atoms with Gasteiger partial charge < -0.3 is 14.6 Å². The molecule has 3 aromatic rings. The average molecular weight is 487 g/mol. The smallest absolute Gasteiger partial charge is 0.243 e. The zero-order valence-electron chi connectivity index (χ0n) is 19.9. The van der Waals surface area contributed by atoms with Crippen LogP contribution in [0.4, 0.5) is 5.69 Å². The van der Waals surface area contributed by atoms with Gasteiger partial charge in [-0.1, -0.05) is 48.8 Å². The van der Waals surface area contributed by atoms with Crippen molar-refractivity contribution in [3.8, 4) is 17.1 Å². The molecule has 0 aliphatic rings. The van der Waals surface area contributed by atoms with Gasteiger partial charge in [-0.15, -0.1) is 0 Å². The minimum Gasteiger partial charge on any atom is -0.492 e. The molecule has 1 heterocycles. The number of aryl methyl sites for hydroxylation is 2. The van der Waals surface area contributed by atoms with Gasteiger partial charge in [0.1, 0.15) is 5.75 Å². The van der Waals surface area contributed by atoms with E-state index in [9.17, 15) is 13.2 Å². The lowest BCUT2D eigenvalue weighted by Gasteiger charge is -2.20. The number of carbonyl (C=O) groups excluding carboxylic acids is 1. The van der Waals surface area contributed by atoms with Crippen LogP contribution in [0.5, 0.6) is 5.75 Å². The first-order valence-corrected chi connectivity index (χ1v) is 12.7. The van der Waals surface area contributed by atoms with Crippen LogP contribution in [0.1, 0.15) is 38.6 Å². The topological polar surface area (TPSA) is 115 Å². The minimum absolute atomic E-state index is 0.0775. The zero-order chi connectivity index (χ0) is 24.7. The van der Waals surface area contributed by atoms with Gasteiger partial charge >= 0.3 is 0 Å². The van der Waals surface area contributed by atoms with Gasteiger partial charge in [0.05, 0.1) is 17.2 Å². The summed E-state index contributed by atoms with van der Waals surface area (Å²) in [5.74, 6) is 0.874. The lowest BCUT2D eigenvalue weighted by molar-refractivity contribution is -0.116. The van der Waals surface area contributed by atoms with Crippen LogP contribution < -0.4 is 10.1 Å². The average Bonchev–Trinajstić information content (AvgIpc) is 3.29. The molecule has 1 amide bonds. The maximum absolute atomic E-state index is 12.9. The summed E-state index contributed by atoms with van der Waals surface area (Å²) in [6.07, 6.45) is 0.320. The second kappa shape index (κ2) is 11.3. The van der Waals surface area contributed by atoms with Gasteiger partial charge in [0, 0.05) is 31.5 Å². The molecule has 34 heavy (non-hydrogen) atoms. The Kier molecular flexibility index (Phi) is 8.41. The molecule has 0 saturated heterocycles. The Bertz CT molecular complexity index is 1220. The quantitative estimate of drug-likeness (QED) is 0.435. The summed E-state index contributed by atoms with van der Waals surface area (Å²) in [4.78, 5) is 17.1. The number of benzene rings is 2. The maximum atomic E-state index is 12.9. The van der Waals surface area contributed by atoms with Crippen LogP contribution in [-0.4, -0.2) is 48.5 Å². The van der Waals surface area contributed by atoms with E-state index in [2.05, 4.69) is 15.5 Å². The number of anilines is 1. The number of sulfonamides is 1. The molecule has 10 heteroatoms. The molecule has 9 nitrogen and oxygen atoms in total. The number of carbonyl (C=O) groups is 1. The second-order valence-electron chi connectivity index (χ2n) is 7.61. The third-order valence-corrected chi connectivity index (χ3v) is 7.26. The summed E-state index contributed by atoms with van der Waals surface area (Å²) in [5, 5.41) is 6.74. The Balaban J connectivity index is 1.71. The van der Waals surface area contributed by atoms with E-state index >= 15 is 0 Å². The number of amides is 1. The number of hydrogen-bond acceptors (Lipinski definition) is 7. The highest BCUT2D eigenvalue weighted by atomic mass is 32.2. The Morgan fingerprint density at radius 2 is 1.79 bits per heavy atom. The van der Waals surface area contributed by atoms with Gasteiger partial charge in [-0.05, 0) is 32.0 Å². The van der Waals surface area contributed by atoms with Gasteiger partial charge in [0.2, 0.25) is 27.6 Å². The molecule has 1 aromatic heterocycles. The monoisotopic (exact) mass is 486 g/mol. The predicted molar refractivity (Wildman–Crippen MR) is 129 cm³/mol. The largest absolute Gasteiger partial charge is 0.492 e. The highest BCUT2D eigenvalue weighted by Gasteiger charge is 2.23. The number of aromatic nitrogens is 2. The number of ether oxygens (including phenoxy) is 1. The van der Waals surface area contributed by atoms with Gasteiger partial charge in [-0.2, -0.15) is 9.29 Å². The molecular weight excluding hydrogens is 456 g/mol. The first-order chi connectivity index (χ1) is 16.3. The fourth-order valence-electron chi connectivity index (χ4n) is 3.37. The molecule has 0 fully saturated rings. The minimum atomic E-state index is -3.68. The van der Waals surface area contributed by atoms with Gasteiger partial charge in [0.25, 0.3) is 0 Å². The van der Waals surface area contributed by atoms with Gasteiger partial charge in [-0.3, -0.25) is 4.79 Å². The van der Waals surface area contributed by atoms with E-state index in [1.54, 1.807) is 19.9 Å². The van der Waals surface area contributed by atoms with Crippen molar-refractivity contribution in [1.82, 2.24) is 14.4 Å². The number of rotatable bonds is 11. The molecule has 0 aliphatic heterocycles. The number of nitrogens with one attached hydrogen (secondary N) is 1. The molecular formula is C24H30N4O5S. The van der Waals surface area contributed by atoms with Crippen LogP contribution >= 0.6 is 0 Å². The van der Waals surface area contributed by atoms with Crippen molar-refractivity contribution in [1.29, 1.82) is 0 Å². The van der Waals surface area contributed by atoms with Gasteiger partial charge in [-0.25, -0.2) is 8.42 Å². The van der Waals surface area contributed by atoms with Crippen molar-refractivity contribution in [3.63, 3.8) is 0 Å². The Hall–Kier alpha value is -3.24. The first-order valence-electron chi connectivity index (χ1n) is 11.2. The van der Waals surface area contributed by atoms with E-state index in [4.69, 9.17) is 9.26 Å². The summed E-state index contributed by atoms with van der Waals surface area (Å²) in [5.41, 5.74) is 2.26. The summed E-state index contributed by atoms with van der Waals surface area (Å²) in [6.45, 7) is 8.43. The predicted octanol–water partition coefficient (Wildman–Crippen LogP) is 4.05. The molecule has 0 atom stereocenters.